The quantitative estimate of drug-likeness (QED) is 0.792. The lowest BCUT2D eigenvalue weighted by Crippen LogP contribution is -2.33. The molecule has 3 N–H and O–H groups in total. The van der Waals surface area contributed by atoms with E-state index in [0.717, 1.165) is 10.2 Å². The Morgan fingerprint density at radius 3 is 2.62 bits per heavy atom. The molecule has 0 saturated heterocycles. The van der Waals surface area contributed by atoms with E-state index in [1.807, 2.05) is 0 Å². The van der Waals surface area contributed by atoms with Crippen molar-refractivity contribution in [3.8, 4) is 0 Å². The van der Waals surface area contributed by atoms with Crippen LogP contribution in [0.2, 0.25) is 5.15 Å². The molecule has 0 aromatic carbocycles. The van der Waals surface area contributed by atoms with Gasteiger partial charge in [-0.05, 0) is 12.1 Å². The van der Waals surface area contributed by atoms with Crippen molar-refractivity contribution in [3.63, 3.8) is 0 Å². The number of rotatable bonds is 4. The highest BCUT2D eigenvalue weighted by molar-refractivity contribution is 7.89. The molecule has 8 heteroatoms. The Bertz CT molecular complexity index is 508. The minimum Gasteiger partial charge on any atom is -0.480 e. The average Bonchev–Trinajstić information content (AvgIpc) is 2.45. The SMILES string of the molecule is CS(=O)(=O)n1c(Cl)ccc1CC(N)C(=O)O. The Morgan fingerprint density at radius 1 is 1.62 bits per heavy atom. The van der Waals surface area contributed by atoms with E-state index in [1.165, 1.54) is 12.1 Å². The largest absolute Gasteiger partial charge is 0.480 e. The number of carboxylic acid groups (broad SMARTS) is 1. The van der Waals surface area contributed by atoms with E-state index in [-0.39, 0.29) is 17.3 Å². The summed E-state index contributed by atoms with van der Waals surface area (Å²) in [5.41, 5.74) is 5.57. The maximum absolute atomic E-state index is 11.4. The van der Waals surface area contributed by atoms with Crippen LogP contribution in [0.1, 0.15) is 5.69 Å². The summed E-state index contributed by atoms with van der Waals surface area (Å²) < 4.78 is 23.6. The number of aromatic nitrogens is 1. The topological polar surface area (TPSA) is 102 Å². The number of halogens is 1. The van der Waals surface area contributed by atoms with Gasteiger partial charge >= 0.3 is 5.97 Å². The third kappa shape index (κ3) is 2.75. The normalized spacial score (nSPS) is 13.7. The van der Waals surface area contributed by atoms with E-state index in [0.29, 0.717) is 0 Å². The Morgan fingerprint density at radius 2 is 2.19 bits per heavy atom. The van der Waals surface area contributed by atoms with Crippen LogP contribution in [-0.2, 0) is 21.2 Å². The molecule has 1 heterocycles. The molecule has 0 radical (unpaired) electrons. The molecule has 1 aromatic heterocycles. The van der Waals surface area contributed by atoms with Gasteiger partial charge in [-0.3, -0.25) is 4.79 Å². The van der Waals surface area contributed by atoms with Crippen LogP contribution in [0.25, 0.3) is 0 Å². The molecule has 1 aromatic rings. The van der Waals surface area contributed by atoms with Crippen molar-refractivity contribution >= 4 is 27.6 Å². The van der Waals surface area contributed by atoms with Crippen molar-refractivity contribution in [2.75, 3.05) is 6.26 Å². The van der Waals surface area contributed by atoms with Crippen molar-refractivity contribution in [2.24, 2.45) is 5.73 Å². The second-order valence-corrected chi connectivity index (χ2v) is 5.54. The summed E-state index contributed by atoms with van der Waals surface area (Å²) >= 11 is 5.69. The van der Waals surface area contributed by atoms with Crippen molar-refractivity contribution in [1.82, 2.24) is 3.97 Å². The lowest BCUT2D eigenvalue weighted by atomic mass is 10.2. The highest BCUT2D eigenvalue weighted by Crippen LogP contribution is 2.18. The molecule has 90 valence electrons. The fourth-order valence-corrected chi connectivity index (χ4v) is 2.76. The third-order valence-electron chi connectivity index (χ3n) is 1.95. The maximum Gasteiger partial charge on any atom is 0.320 e. The zero-order valence-electron chi connectivity index (χ0n) is 8.42. The first kappa shape index (κ1) is 13.0. The molecule has 0 aliphatic rings. The Balaban J connectivity index is 3.12. The van der Waals surface area contributed by atoms with Gasteiger partial charge in [0.2, 0.25) is 10.0 Å². The molecule has 1 unspecified atom stereocenters. The highest BCUT2D eigenvalue weighted by atomic mass is 35.5. The lowest BCUT2D eigenvalue weighted by molar-refractivity contribution is -0.138. The molecule has 1 atom stereocenters. The number of nitrogens with two attached hydrogens (primary N) is 1. The molecule has 0 aliphatic heterocycles. The first-order valence-electron chi connectivity index (χ1n) is 4.28. The molecule has 0 fully saturated rings. The number of aliphatic carboxylic acids is 1. The first-order chi connectivity index (χ1) is 7.23. The van der Waals surface area contributed by atoms with E-state index in [9.17, 15) is 13.2 Å². The van der Waals surface area contributed by atoms with Gasteiger partial charge in [0.1, 0.15) is 11.2 Å². The smallest absolute Gasteiger partial charge is 0.320 e. The number of nitrogens with zero attached hydrogens (tertiary/aromatic N) is 1. The minimum absolute atomic E-state index is 0.00934. The zero-order chi connectivity index (χ0) is 12.5. The Labute approximate surface area is 97.7 Å². The fourth-order valence-electron chi connectivity index (χ4n) is 1.27. The van der Waals surface area contributed by atoms with Crippen molar-refractivity contribution in [2.45, 2.75) is 12.5 Å². The van der Waals surface area contributed by atoms with Gasteiger partial charge in [-0.1, -0.05) is 11.6 Å². The maximum atomic E-state index is 11.4. The predicted molar refractivity (Wildman–Crippen MR) is 59.0 cm³/mol. The number of carbonyl (C=O) groups is 1. The van der Waals surface area contributed by atoms with E-state index in [4.69, 9.17) is 22.4 Å². The standard InChI is InChI=1S/C8H11ClN2O4S/c1-16(14,15)11-5(2-3-7(11)9)4-6(10)8(12)13/h2-3,6H,4,10H2,1H3,(H,12,13). The molecule has 6 nitrogen and oxygen atoms in total. The second-order valence-electron chi connectivity index (χ2n) is 3.32. The lowest BCUT2D eigenvalue weighted by Gasteiger charge is -2.10. The summed E-state index contributed by atoms with van der Waals surface area (Å²) in [6.07, 6.45) is 0.879. The van der Waals surface area contributed by atoms with Crippen LogP contribution >= 0.6 is 11.6 Å². The monoisotopic (exact) mass is 266 g/mol. The fraction of sp³-hybridized carbons (Fsp3) is 0.375. The van der Waals surface area contributed by atoms with Crippen LogP contribution in [-0.4, -0.2) is 35.8 Å². The van der Waals surface area contributed by atoms with Gasteiger partial charge in [0, 0.05) is 12.1 Å². The molecule has 1 rings (SSSR count). The summed E-state index contributed by atoms with van der Waals surface area (Å²) in [4.78, 5) is 10.6. The van der Waals surface area contributed by atoms with Gasteiger partial charge in [-0.2, -0.15) is 0 Å². The van der Waals surface area contributed by atoms with Gasteiger partial charge in [0.15, 0.2) is 0 Å². The summed E-state index contributed by atoms with van der Waals surface area (Å²) in [5, 5.41) is 8.64. The number of hydrogen-bond donors (Lipinski definition) is 2. The van der Waals surface area contributed by atoms with Crippen LogP contribution in [0.5, 0.6) is 0 Å². The Hall–Kier alpha value is -1.05. The van der Waals surface area contributed by atoms with Crippen LogP contribution in [0.3, 0.4) is 0 Å². The van der Waals surface area contributed by atoms with Gasteiger partial charge in [-0.25, -0.2) is 12.4 Å². The van der Waals surface area contributed by atoms with E-state index in [1.54, 1.807) is 0 Å². The van der Waals surface area contributed by atoms with E-state index in [2.05, 4.69) is 0 Å². The summed E-state index contributed by atoms with van der Waals surface area (Å²) in [6.45, 7) is 0. The number of carboxylic acids is 1. The number of hydrogen-bond acceptors (Lipinski definition) is 4. The molecular formula is C8H11ClN2O4S. The molecule has 0 spiro atoms. The van der Waals surface area contributed by atoms with E-state index < -0.39 is 22.0 Å². The molecule has 0 saturated carbocycles. The van der Waals surface area contributed by atoms with Gasteiger partial charge in [-0.15, -0.1) is 0 Å². The van der Waals surface area contributed by atoms with Gasteiger partial charge in [0.25, 0.3) is 0 Å². The van der Waals surface area contributed by atoms with Crippen LogP contribution in [0, 0.1) is 0 Å². The van der Waals surface area contributed by atoms with Crippen molar-refractivity contribution < 1.29 is 18.3 Å². The van der Waals surface area contributed by atoms with Crippen LogP contribution in [0.4, 0.5) is 0 Å². The summed E-state index contributed by atoms with van der Waals surface area (Å²) in [7, 11) is -3.56. The second kappa shape index (κ2) is 4.44. The van der Waals surface area contributed by atoms with Gasteiger partial charge in [0.05, 0.1) is 6.26 Å². The van der Waals surface area contributed by atoms with E-state index >= 15 is 0 Å². The third-order valence-corrected chi connectivity index (χ3v) is 3.44. The summed E-state index contributed by atoms with van der Waals surface area (Å²) in [6, 6.07) is 1.66. The molecule has 0 amide bonds. The van der Waals surface area contributed by atoms with Crippen LogP contribution in [0.15, 0.2) is 12.1 Å². The Kier molecular flexibility index (Phi) is 3.61. The predicted octanol–water partition coefficient (Wildman–Crippen LogP) is -0.0964. The first-order valence-corrected chi connectivity index (χ1v) is 6.51. The molecule has 16 heavy (non-hydrogen) atoms. The molecule has 0 bridgehead atoms. The summed E-state index contributed by atoms with van der Waals surface area (Å²) in [5.74, 6) is -1.20. The zero-order valence-corrected chi connectivity index (χ0v) is 9.99. The van der Waals surface area contributed by atoms with Gasteiger partial charge < -0.3 is 10.8 Å². The molecular weight excluding hydrogens is 256 g/mol. The minimum atomic E-state index is -3.56. The highest BCUT2D eigenvalue weighted by Gasteiger charge is 2.20. The van der Waals surface area contributed by atoms with Crippen LogP contribution < -0.4 is 5.73 Å². The van der Waals surface area contributed by atoms with Crippen molar-refractivity contribution in [3.05, 3.63) is 23.0 Å². The molecule has 0 aliphatic carbocycles. The van der Waals surface area contributed by atoms with Crippen molar-refractivity contribution in [1.29, 1.82) is 0 Å². The average molecular weight is 267 g/mol.